The molecule has 2 heterocycles. The monoisotopic (exact) mass is 296 g/mol. The van der Waals surface area contributed by atoms with Crippen molar-refractivity contribution in [3.05, 3.63) is 48.0 Å². The predicted octanol–water partition coefficient (Wildman–Crippen LogP) is 1.89. The number of H-pyrrole nitrogens is 1. The second kappa shape index (κ2) is 5.80. The summed E-state index contributed by atoms with van der Waals surface area (Å²) in [7, 11) is 1.72. The SMILES string of the molecule is CNc1ncc(C(=O)N[C@@H](C)c2nc3ccccc3[nH]2)cn1. The number of carbonyl (C=O) groups excluding carboxylic acids is 1. The van der Waals surface area contributed by atoms with Gasteiger partial charge in [-0.3, -0.25) is 4.79 Å². The Morgan fingerprint density at radius 1 is 1.23 bits per heavy atom. The molecule has 0 unspecified atom stereocenters. The summed E-state index contributed by atoms with van der Waals surface area (Å²) in [4.78, 5) is 27.9. The zero-order chi connectivity index (χ0) is 15.5. The third kappa shape index (κ3) is 2.73. The number of benzene rings is 1. The summed E-state index contributed by atoms with van der Waals surface area (Å²) < 4.78 is 0. The van der Waals surface area contributed by atoms with Crippen LogP contribution in [-0.2, 0) is 0 Å². The number of imidazole rings is 1. The number of rotatable bonds is 4. The molecule has 1 aromatic carbocycles. The van der Waals surface area contributed by atoms with Crippen LogP contribution in [0, 0.1) is 0 Å². The lowest BCUT2D eigenvalue weighted by Crippen LogP contribution is -2.27. The van der Waals surface area contributed by atoms with Gasteiger partial charge in [-0.25, -0.2) is 15.0 Å². The fourth-order valence-corrected chi connectivity index (χ4v) is 2.10. The van der Waals surface area contributed by atoms with Crippen LogP contribution in [0.5, 0.6) is 0 Å². The van der Waals surface area contributed by atoms with Crippen molar-refractivity contribution < 1.29 is 4.79 Å². The van der Waals surface area contributed by atoms with Gasteiger partial charge < -0.3 is 15.6 Å². The summed E-state index contributed by atoms with van der Waals surface area (Å²) in [6.07, 6.45) is 2.97. The number of hydrogen-bond donors (Lipinski definition) is 3. The summed E-state index contributed by atoms with van der Waals surface area (Å²) in [5.74, 6) is 0.944. The van der Waals surface area contributed by atoms with Crippen LogP contribution in [-0.4, -0.2) is 32.9 Å². The lowest BCUT2D eigenvalue weighted by molar-refractivity contribution is 0.0937. The molecular formula is C15H16N6O. The van der Waals surface area contributed by atoms with Gasteiger partial charge in [-0.1, -0.05) is 12.1 Å². The minimum atomic E-state index is -0.246. The number of nitrogens with one attached hydrogen (secondary N) is 3. The van der Waals surface area contributed by atoms with Crippen molar-refractivity contribution in [2.24, 2.45) is 0 Å². The third-order valence-corrected chi connectivity index (χ3v) is 3.30. The van der Waals surface area contributed by atoms with Crippen molar-refractivity contribution >= 4 is 22.9 Å². The molecule has 0 aliphatic carbocycles. The maximum atomic E-state index is 12.2. The molecular weight excluding hydrogens is 280 g/mol. The Morgan fingerprint density at radius 2 is 1.95 bits per heavy atom. The molecule has 0 aliphatic heterocycles. The zero-order valence-electron chi connectivity index (χ0n) is 12.3. The van der Waals surface area contributed by atoms with Gasteiger partial charge in [0.1, 0.15) is 5.82 Å². The molecule has 7 heteroatoms. The van der Waals surface area contributed by atoms with Crippen molar-refractivity contribution in [1.29, 1.82) is 0 Å². The predicted molar refractivity (Wildman–Crippen MR) is 83.6 cm³/mol. The normalized spacial score (nSPS) is 12.1. The van der Waals surface area contributed by atoms with Gasteiger partial charge in [-0.2, -0.15) is 0 Å². The maximum Gasteiger partial charge on any atom is 0.254 e. The van der Waals surface area contributed by atoms with Crippen molar-refractivity contribution in [2.75, 3.05) is 12.4 Å². The Morgan fingerprint density at radius 3 is 2.64 bits per heavy atom. The lowest BCUT2D eigenvalue weighted by atomic mass is 10.2. The van der Waals surface area contributed by atoms with E-state index in [-0.39, 0.29) is 11.9 Å². The summed E-state index contributed by atoms with van der Waals surface area (Å²) in [6.45, 7) is 1.87. The van der Waals surface area contributed by atoms with Crippen LogP contribution >= 0.6 is 0 Å². The molecule has 2 aromatic heterocycles. The van der Waals surface area contributed by atoms with E-state index in [1.54, 1.807) is 7.05 Å². The number of amides is 1. The molecule has 0 radical (unpaired) electrons. The van der Waals surface area contributed by atoms with Crippen molar-refractivity contribution in [1.82, 2.24) is 25.3 Å². The molecule has 0 bridgehead atoms. The molecule has 0 fully saturated rings. The maximum absolute atomic E-state index is 12.2. The number of fused-ring (bicyclic) bond motifs is 1. The van der Waals surface area contributed by atoms with Crippen LogP contribution in [0.1, 0.15) is 29.1 Å². The van der Waals surface area contributed by atoms with E-state index in [4.69, 9.17) is 0 Å². The minimum absolute atomic E-state index is 0.240. The molecule has 0 spiro atoms. The Hall–Kier alpha value is -2.96. The number of hydrogen-bond acceptors (Lipinski definition) is 5. The van der Waals surface area contributed by atoms with Crippen molar-refractivity contribution in [2.45, 2.75) is 13.0 Å². The zero-order valence-corrected chi connectivity index (χ0v) is 12.3. The largest absolute Gasteiger partial charge is 0.357 e. The first kappa shape index (κ1) is 14.0. The first-order chi connectivity index (χ1) is 10.7. The Kier molecular flexibility index (Phi) is 3.69. The van der Waals surface area contributed by atoms with Crippen LogP contribution in [0.15, 0.2) is 36.7 Å². The summed E-state index contributed by atoms with van der Waals surface area (Å²) in [6, 6.07) is 7.49. The van der Waals surface area contributed by atoms with Crippen LogP contribution < -0.4 is 10.6 Å². The first-order valence-electron chi connectivity index (χ1n) is 6.92. The van der Waals surface area contributed by atoms with Gasteiger partial charge in [0.05, 0.1) is 22.6 Å². The fraction of sp³-hybridized carbons (Fsp3) is 0.200. The van der Waals surface area contributed by atoms with Crippen LogP contribution in [0.3, 0.4) is 0 Å². The molecule has 112 valence electrons. The van der Waals surface area contributed by atoms with Crippen molar-refractivity contribution in [3.8, 4) is 0 Å². The quantitative estimate of drug-likeness (QED) is 0.683. The highest BCUT2D eigenvalue weighted by molar-refractivity contribution is 5.93. The van der Waals surface area contributed by atoms with Crippen LogP contribution in [0.2, 0.25) is 0 Å². The number of para-hydroxylation sites is 2. The highest BCUT2D eigenvalue weighted by Gasteiger charge is 2.15. The third-order valence-electron chi connectivity index (χ3n) is 3.30. The van der Waals surface area contributed by atoms with E-state index < -0.39 is 0 Å². The summed E-state index contributed by atoms with van der Waals surface area (Å²) in [5.41, 5.74) is 2.22. The van der Waals surface area contributed by atoms with E-state index in [1.807, 2.05) is 31.2 Å². The van der Waals surface area contributed by atoms with Crippen LogP contribution in [0.25, 0.3) is 11.0 Å². The molecule has 1 amide bonds. The van der Waals surface area contributed by atoms with E-state index >= 15 is 0 Å². The second-order valence-corrected chi connectivity index (χ2v) is 4.88. The highest BCUT2D eigenvalue weighted by atomic mass is 16.1. The highest BCUT2D eigenvalue weighted by Crippen LogP contribution is 2.15. The van der Waals surface area contributed by atoms with Crippen molar-refractivity contribution in [3.63, 3.8) is 0 Å². The van der Waals surface area contributed by atoms with Gasteiger partial charge in [0, 0.05) is 19.4 Å². The van der Waals surface area contributed by atoms with E-state index in [1.165, 1.54) is 12.4 Å². The summed E-state index contributed by atoms with van der Waals surface area (Å²) >= 11 is 0. The molecule has 3 aromatic rings. The van der Waals surface area contributed by atoms with E-state index in [0.29, 0.717) is 17.3 Å². The molecule has 3 N–H and O–H groups in total. The minimum Gasteiger partial charge on any atom is -0.357 e. The molecule has 22 heavy (non-hydrogen) atoms. The average molecular weight is 296 g/mol. The number of nitrogens with zero attached hydrogens (tertiary/aromatic N) is 3. The lowest BCUT2D eigenvalue weighted by Gasteiger charge is -2.11. The number of aromatic amines is 1. The molecule has 0 saturated carbocycles. The smallest absolute Gasteiger partial charge is 0.254 e. The molecule has 3 rings (SSSR count). The molecule has 0 saturated heterocycles. The standard InChI is InChI=1S/C15H16N6O/c1-9(13-20-11-5-3-4-6-12(11)21-13)19-14(22)10-7-17-15(16-2)18-8-10/h3-9H,1-2H3,(H,19,22)(H,20,21)(H,16,17,18)/t9-/m0/s1. The van der Waals surface area contributed by atoms with Gasteiger partial charge in [-0.15, -0.1) is 0 Å². The van der Waals surface area contributed by atoms with Gasteiger partial charge >= 0.3 is 0 Å². The average Bonchev–Trinajstić information content (AvgIpc) is 2.99. The molecule has 1 atom stereocenters. The first-order valence-corrected chi connectivity index (χ1v) is 6.92. The van der Waals surface area contributed by atoms with E-state index in [2.05, 4.69) is 30.6 Å². The Labute approximate surface area is 127 Å². The van der Waals surface area contributed by atoms with E-state index in [0.717, 1.165) is 11.0 Å². The van der Waals surface area contributed by atoms with Gasteiger partial charge in [-0.05, 0) is 19.1 Å². The number of anilines is 1. The number of aromatic nitrogens is 4. The number of carbonyl (C=O) groups is 1. The van der Waals surface area contributed by atoms with Gasteiger partial charge in [0.15, 0.2) is 0 Å². The Bertz CT molecular complexity index is 762. The van der Waals surface area contributed by atoms with Crippen LogP contribution in [0.4, 0.5) is 5.95 Å². The van der Waals surface area contributed by atoms with E-state index in [9.17, 15) is 4.79 Å². The summed E-state index contributed by atoms with van der Waals surface area (Å²) in [5, 5.41) is 5.68. The fourth-order valence-electron chi connectivity index (χ4n) is 2.10. The topological polar surface area (TPSA) is 95.6 Å². The second-order valence-electron chi connectivity index (χ2n) is 4.88. The van der Waals surface area contributed by atoms with Gasteiger partial charge in [0.25, 0.3) is 5.91 Å². The van der Waals surface area contributed by atoms with Gasteiger partial charge in [0.2, 0.25) is 5.95 Å². The molecule has 0 aliphatic rings. The Balaban J connectivity index is 1.74. The molecule has 7 nitrogen and oxygen atoms in total.